The van der Waals surface area contributed by atoms with E-state index in [9.17, 15) is 4.79 Å². The van der Waals surface area contributed by atoms with E-state index in [1.54, 1.807) is 29.3 Å². The quantitative estimate of drug-likeness (QED) is 0.516. The van der Waals surface area contributed by atoms with E-state index in [4.69, 9.17) is 4.52 Å². The summed E-state index contributed by atoms with van der Waals surface area (Å²) in [4.78, 5) is 20.7. The number of hydrogen-bond donors (Lipinski definition) is 1. The van der Waals surface area contributed by atoms with Gasteiger partial charge in [0.05, 0.1) is 18.7 Å². The molecule has 3 aromatic heterocycles. The van der Waals surface area contributed by atoms with Crippen LogP contribution >= 0.6 is 0 Å². The Labute approximate surface area is 166 Å². The van der Waals surface area contributed by atoms with Crippen LogP contribution in [0.5, 0.6) is 0 Å². The summed E-state index contributed by atoms with van der Waals surface area (Å²) in [6, 6.07) is 13.3. The van der Waals surface area contributed by atoms with E-state index < -0.39 is 0 Å². The average Bonchev–Trinajstić information content (AvgIpc) is 3.44. The van der Waals surface area contributed by atoms with E-state index in [2.05, 4.69) is 30.8 Å². The van der Waals surface area contributed by atoms with Gasteiger partial charge >= 0.3 is 0 Å². The molecule has 1 aromatic carbocycles. The molecule has 0 bridgehead atoms. The highest BCUT2D eigenvalue weighted by molar-refractivity contribution is 5.83. The topological polar surface area (TPSA) is 112 Å². The zero-order valence-electron chi connectivity index (χ0n) is 15.8. The molecule has 1 amide bonds. The minimum Gasteiger partial charge on any atom is -0.354 e. The molecule has 3 heterocycles. The first-order valence-electron chi connectivity index (χ1n) is 9.18. The lowest BCUT2D eigenvalue weighted by Gasteiger charge is -2.12. The van der Waals surface area contributed by atoms with Gasteiger partial charge in [-0.3, -0.25) is 9.78 Å². The van der Waals surface area contributed by atoms with Gasteiger partial charge < -0.3 is 9.84 Å². The van der Waals surface area contributed by atoms with Crippen molar-refractivity contribution in [2.24, 2.45) is 0 Å². The second-order valence-corrected chi connectivity index (χ2v) is 6.46. The molecule has 9 nitrogen and oxygen atoms in total. The van der Waals surface area contributed by atoms with Crippen molar-refractivity contribution in [3.8, 4) is 23.0 Å². The van der Waals surface area contributed by atoms with Crippen LogP contribution < -0.4 is 5.32 Å². The van der Waals surface area contributed by atoms with E-state index in [1.165, 1.54) is 0 Å². The second-order valence-electron chi connectivity index (χ2n) is 6.46. The van der Waals surface area contributed by atoms with Crippen molar-refractivity contribution in [3.63, 3.8) is 0 Å². The molecule has 0 aliphatic rings. The fourth-order valence-electron chi connectivity index (χ4n) is 2.79. The number of hydrogen-bond acceptors (Lipinski definition) is 7. The molecule has 146 valence electrons. The molecule has 0 saturated carbocycles. The van der Waals surface area contributed by atoms with Crippen molar-refractivity contribution in [3.05, 3.63) is 66.6 Å². The van der Waals surface area contributed by atoms with Gasteiger partial charge in [-0.15, -0.1) is 5.10 Å². The molecule has 0 aliphatic heterocycles. The molecular weight excluding hydrogens is 370 g/mol. The molecule has 1 unspecified atom stereocenters. The molecule has 4 rings (SSSR count). The van der Waals surface area contributed by atoms with Crippen LogP contribution in [-0.2, 0) is 11.3 Å². The van der Waals surface area contributed by atoms with Crippen LogP contribution in [-0.4, -0.2) is 42.6 Å². The van der Waals surface area contributed by atoms with Gasteiger partial charge in [0.1, 0.15) is 0 Å². The van der Waals surface area contributed by atoms with Crippen LogP contribution in [0.1, 0.15) is 18.4 Å². The Bertz CT molecular complexity index is 1080. The van der Waals surface area contributed by atoms with Crippen molar-refractivity contribution < 1.29 is 9.32 Å². The maximum absolute atomic E-state index is 12.3. The first-order chi connectivity index (χ1) is 14.2. The van der Waals surface area contributed by atoms with Crippen molar-refractivity contribution in [2.75, 3.05) is 6.54 Å². The van der Waals surface area contributed by atoms with Crippen LogP contribution in [0.2, 0.25) is 0 Å². The van der Waals surface area contributed by atoms with Gasteiger partial charge in [0.25, 0.3) is 5.89 Å². The van der Waals surface area contributed by atoms with Crippen LogP contribution in [0.25, 0.3) is 23.0 Å². The molecule has 29 heavy (non-hydrogen) atoms. The number of benzene rings is 1. The van der Waals surface area contributed by atoms with Crippen molar-refractivity contribution in [1.29, 1.82) is 0 Å². The molecule has 0 aliphatic carbocycles. The molecule has 1 N–H and O–H groups in total. The first-order valence-corrected chi connectivity index (χ1v) is 9.18. The van der Waals surface area contributed by atoms with Crippen LogP contribution in [0, 0.1) is 0 Å². The van der Waals surface area contributed by atoms with E-state index in [1.807, 2.05) is 43.3 Å². The lowest BCUT2D eigenvalue weighted by atomic mass is 10.0. The highest BCUT2D eigenvalue weighted by Gasteiger charge is 2.16. The Kier molecular flexibility index (Phi) is 5.37. The number of carbonyl (C=O) groups excluding carboxylic acids is 1. The van der Waals surface area contributed by atoms with Crippen LogP contribution in [0.4, 0.5) is 0 Å². The molecule has 4 aromatic rings. The number of pyridine rings is 1. The minimum absolute atomic E-state index is 0.0328. The summed E-state index contributed by atoms with van der Waals surface area (Å²) < 4.78 is 6.89. The van der Waals surface area contributed by atoms with Crippen molar-refractivity contribution in [2.45, 2.75) is 19.4 Å². The summed E-state index contributed by atoms with van der Waals surface area (Å²) in [5.41, 5.74) is 2.20. The third kappa shape index (κ3) is 4.34. The lowest BCUT2D eigenvalue weighted by molar-refractivity contribution is -0.122. The van der Waals surface area contributed by atoms with Gasteiger partial charge in [0.15, 0.2) is 5.69 Å². The standard InChI is InChI=1S/C20H19N7O2/c1-14(15-6-3-2-4-7-15)19(28)22-10-11-27-13-17(24-26-27)20-23-18(25-29-20)16-8-5-9-21-12-16/h2-9,12-14H,10-11H2,1H3,(H,22,28). The first kappa shape index (κ1) is 18.5. The van der Waals surface area contributed by atoms with E-state index in [-0.39, 0.29) is 17.7 Å². The third-order valence-corrected chi connectivity index (χ3v) is 4.44. The molecule has 0 fully saturated rings. The van der Waals surface area contributed by atoms with Crippen LogP contribution in [0.15, 0.2) is 65.6 Å². The Morgan fingerprint density at radius 2 is 2.07 bits per heavy atom. The highest BCUT2D eigenvalue weighted by atomic mass is 16.5. The van der Waals surface area contributed by atoms with Gasteiger partial charge in [0.2, 0.25) is 11.7 Å². The Hall–Kier alpha value is -3.88. The average molecular weight is 389 g/mol. The monoisotopic (exact) mass is 389 g/mol. The highest BCUT2D eigenvalue weighted by Crippen LogP contribution is 2.19. The van der Waals surface area contributed by atoms with Gasteiger partial charge in [-0.05, 0) is 24.6 Å². The number of amides is 1. The zero-order chi connectivity index (χ0) is 20.1. The largest absolute Gasteiger partial charge is 0.354 e. The Balaban J connectivity index is 1.33. The summed E-state index contributed by atoms with van der Waals surface area (Å²) in [6.07, 6.45) is 5.04. The number of nitrogens with zero attached hydrogens (tertiary/aromatic N) is 6. The zero-order valence-corrected chi connectivity index (χ0v) is 15.8. The van der Waals surface area contributed by atoms with Gasteiger partial charge in [-0.25, -0.2) is 4.68 Å². The number of carbonyl (C=O) groups is 1. The Morgan fingerprint density at radius 3 is 2.86 bits per heavy atom. The lowest BCUT2D eigenvalue weighted by Crippen LogP contribution is -2.31. The summed E-state index contributed by atoms with van der Waals surface area (Å²) in [5.74, 6) is 0.461. The number of aromatic nitrogens is 6. The van der Waals surface area contributed by atoms with Crippen molar-refractivity contribution in [1.82, 2.24) is 35.4 Å². The minimum atomic E-state index is -0.216. The third-order valence-electron chi connectivity index (χ3n) is 4.44. The summed E-state index contributed by atoms with van der Waals surface area (Å²) in [7, 11) is 0. The fourth-order valence-corrected chi connectivity index (χ4v) is 2.79. The van der Waals surface area contributed by atoms with Gasteiger partial charge in [0, 0.05) is 24.5 Å². The maximum Gasteiger partial charge on any atom is 0.280 e. The predicted octanol–water partition coefficient (Wildman–Crippen LogP) is 2.31. The van der Waals surface area contributed by atoms with Crippen LogP contribution in [0.3, 0.4) is 0 Å². The molecule has 9 heteroatoms. The molecule has 0 saturated heterocycles. The number of rotatable bonds is 7. The molecule has 0 radical (unpaired) electrons. The van der Waals surface area contributed by atoms with Gasteiger partial charge in [-0.1, -0.05) is 40.7 Å². The van der Waals surface area contributed by atoms with E-state index in [0.717, 1.165) is 11.1 Å². The normalized spacial score (nSPS) is 11.9. The fraction of sp³-hybridized carbons (Fsp3) is 0.200. The summed E-state index contributed by atoms with van der Waals surface area (Å²) in [5, 5.41) is 15.0. The van der Waals surface area contributed by atoms with E-state index in [0.29, 0.717) is 24.6 Å². The van der Waals surface area contributed by atoms with Gasteiger partial charge in [-0.2, -0.15) is 4.98 Å². The molecular formula is C20H19N7O2. The predicted molar refractivity (Wildman–Crippen MR) is 104 cm³/mol. The number of nitrogens with one attached hydrogen (secondary N) is 1. The molecule has 0 spiro atoms. The second kappa shape index (κ2) is 8.42. The Morgan fingerprint density at radius 1 is 1.21 bits per heavy atom. The van der Waals surface area contributed by atoms with Crippen molar-refractivity contribution >= 4 is 5.91 Å². The molecule has 1 atom stereocenters. The SMILES string of the molecule is CC(C(=O)NCCn1cc(-c2nc(-c3cccnc3)no2)nn1)c1ccccc1. The summed E-state index contributed by atoms with van der Waals surface area (Å²) >= 11 is 0. The smallest absolute Gasteiger partial charge is 0.280 e. The summed E-state index contributed by atoms with van der Waals surface area (Å²) in [6.45, 7) is 2.79. The maximum atomic E-state index is 12.3. The van der Waals surface area contributed by atoms with E-state index >= 15 is 0 Å².